The van der Waals surface area contributed by atoms with E-state index in [1.54, 1.807) is 0 Å². The predicted molar refractivity (Wildman–Crippen MR) is 54.7 cm³/mol. The summed E-state index contributed by atoms with van der Waals surface area (Å²) in [5.74, 6) is -7.52. The topological polar surface area (TPSA) is 65.7 Å². The lowest BCUT2D eigenvalue weighted by molar-refractivity contribution is 0.0884. The number of halogens is 4. The van der Waals surface area contributed by atoms with Crippen molar-refractivity contribution in [2.75, 3.05) is 0 Å². The van der Waals surface area contributed by atoms with Gasteiger partial charge in [-0.1, -0.05) is 0 Å². The number of hydrogen-bond donors (Lipinski definition) is 2. The summed E-state index contributed by atoms with van der Waals surface area (Å²) in [6.45, 7) is 0. The number of carbonyl (C=O) groups excluding carboxylic acids is 2. The summed E-state index contributed by atoms with van der Waals surface area (Å²) in [6, 6.07) is 0. The minimum atomic E-state index is -1.42. The molecule has 0 aliphatic carbocycles. The summed E-state index contributed by atoms with van der Waals surface area (Å²) in [5, 5.41) is 0. The summed E-state index contributed by atoms with van der Waals surface area (Å²) in [5.41, 5.74) is -1.45. The highest BCUT2D eigenvalue weighted by Crippen LogP contribution is 2.16. The maximum absolute atomic E-state index is 13.1. The smallest absolute Gasteiger partial charge is 0.189 e. The van der Waals surface area contributed by atoms with E-state index in [0.717, 1.165) is 0 Å². The first kappa shape index (κ1) is 13.1. The van der Waals surface area contributed by atoms with Gasteiger partial charge in [0.1, 0.15) is 11.4 Å². The molecule has 0 aliphatic heterocycles. The fourth-order valence-corrected chi connectivity index (χ4v) is 1.49. The van der Waals surface area contributed by atoms with Gasteiger partial charge in [0.2, 0.25) is 0 Å². The third-order valence-corrected chi connectivity index (χ3v) is 2.42. The first-order chi connectivity index (χ1) is 8.91. The van der Waals surface area contributed by atoms with Crippen LogP contribution in [-0.4, -0.2) is 21.5 Å². The van der Waals surface area contributed by atoms with Crippen molar-refractivity contribution >= 4 is 11.6 Å². The first-order valence-electron chi connectivity index (χ1n) is 5.03. The number of aromatic nitrogens is 2. The van der Waals surface area contributed by atoms with E-state index in [4.69, 9.17) is 0 Å². The molecule has 0 saturated carbocycles. The Hall–Kier alpha value is -2.38. The number of Topliss-reactive ketones (excluding diaryl/α,β-unsaturated/α-hetero) is 2. The van der Waals surface area contributed by atoms with Crippen LogP contribution in [0, 0.1) is 23.3 Å². The number of nitrogens with one attached hydrogen (secondary N) is 2. The molecular weight excluding hydrogens is 268 g/mol. The number of ketones is 2. The second-order valence-corrected chi connectivity index (χ2v) is 3.67. The summed E-state index contributed by atoms with van der Waals surface area (Å²) < 4.78 is 51.5. The molecule has 0 unspecified atom stereocenters. The Bertz CT molecular complexity index is 603. The van der Waals surface area contributed by atoms with E-state index < -0.39 is 52.6 Å². The minimum Gasteiger partial charge on any atom is -0.354 e. The molecule has 0 bridgehead atoms. The maximum atomic E-state index is 13.1. The van der Waals surface area contributed by atoms with Gasteiger partial charge in [0, 0.05) is 12.4 Å². The third kappa shape index (κ3) is 2.28. The van der Waals surface area contributed by atoms with Gasteiger partial charge in [-0.15, -0.1) is 0 Å². The molecule has 0 amide bonds. The van der Waals surface area contributed by atoms with Gasteiger partial charge in [0.15, 0.2) is 34.8 Å². The molecule has 2 aromatic heterocycles. The van der Waals surface area contributed by atoms with Gasteiger partial charge >= 0.3 is 0 Å². The zero-order valence-corrected chi connectivity index (χ0v) is 9.19. The number of aromatic amines is 2. The first-order valence-corrected chi connectivity index (χ1v) is 5.03. The van der Waals surface area contributed by atoms with Crippen LogP contribution in [0.2, 0.25) is 0 Å². The van der Waals surface area contributed by atoms with Crippen LogP contribution < -0.4 is 0 Å². The SMILES string of the molecule is O=C(CC(=O)c1[nH]cc(F)c1F)c1[nH]cc(F)c1F. The molecule has 2 heterocycles. The molecular formula is C11H6F4N2O2. The van der Waals surface area contributed by atoms with Gasteiger partial charge in [-0.3, -0.25) is 9.59 Å². The van der Waals surface area contributed by atoms with E-state index in [0.29, 0.717) is 12.4 Å². The standard InChI is InChI=1S/C11H6F4N2O2/c12-4-2-16-10(8(4)14)6(18)1-7(19)11-9(15)5(13)3-17-11/h2-3,16-17H,1H2. The van der Waals surface area contributed by atoms with Crippen molar-refractivity contribution in [3.63, 3.8) is 0 Å². The fourth-order valence-electron chi connectivity index (χ4n) is 1.49. The monoisotopic (exact) mass is 274 g/mol. The highest BCUT2D eigenvalue weighted by molar-refractivity contribution is 6.12. The molecule has 19 heavy (non-hydrogen) atoms. The molecule has 0 spiro atoms. The zero-order valence-electron chi connectivity index (χ0n) is 9.19. The normalized spacial score (nSPS) is 10.7. The highest BCUT2D eigenvalue weighted by atomic mass is 19.2. The van der Waals surface area contributed by atoms with Gasteiger partial charge in [0.05, 0.1) is 6.42 Å². The van der Waals surface area contributed by atoms with Crippen LogP contribution in [0.4, 0.5) is 17.6 Å². The van der Waals surface area contributed by atoms with Crippen LogP contribution in [0.5, 0.6) is 0 Å². The summed E-state index contributed by atoms with van der Waals surface area (Å²) in [7, 11) is 0. The van der Waals surface area contributed by atoms with Crippen LogP contribution in [0.1, 0.15) is 27.4 Å². The van der Waals surface area contributed by atoms with Gasteiger partial charge in [-0.2, -0.15) is 0 Å². The molecule has 0 aromatic carbocycles. The van der Waals surface area contributed by atoms with E-state index in [2.05, 4.69) is 0 Å². The fraction of sp³-hybridized carbons (Fsp3) is 0.0909. The number of rotatable bonds is 4. The average molecular weight is 274 g/mol. The van der Waals surface area contributed by atoms with E-state index in [1.165, 1.54) is 0 Å². The molecule has 0 aliphatic rings. The number of hydrogen-bond acceptors (Lipinski definition) is 2. The van der Waals surface area contributed by atoms with Crippen molar-refractivity contribution in [2.45, 2.75) is 6.42 Å². The van der Waals surface area contributed by atoms with Crippen molar-refractivity contribution in [1.82, 2.24) is 9.97 Å². The van der Waals surface area contributed by atoms with Crippen LogP contribution in [0.3, 0.4) is 0 Å². The third-order valence-electron chi connectivity index (χ3n) is 2.42. The molecule has 0 saturated heterocycles. The molecule has 2 aromatic rings. The summed E-state index contributed by atoms with van der Waals surface area (Å²) in [4.78, 5) is 27.0. The zero-order chi connectivity index (χ0) is 14.2. The van der Waals surface area contributed by atoms with Crippen molar-refractivity contribution in [3.8, 4) is 0 Å². The van der Waals surface area contributed by atoms with E-state index in [1.807, 2.05) is 9.97 Å². The van der Waals surface area contributed by atoms with Gasteiger partial charge in [-0.05, 0) is 0 Å². The second kappa shape index (κ2) is 4.71. The molecule has 0 fully saturated rings. The lowest BCUT2D eigenvalue weighted by Gasteiger charge is -1.98. The molecule has 100 valence electrons. The van der Waals surface area contributed by atoms with Crippen LogP contribution in [-0.2, 0) is 0 Å². The summed E-state index contributed by atoms with van der Waals surface area (Å²) in [6.07, 6.45) is 0.303. The van der Waals surface area contributed by atoms with Gasteiger partial charge < -0.3 is 9.97 Å². The quantitative estimate of drug-likeness (QED) is 0.510. The van der Waals surface area contributed by atoms with Crippen LogP contribution >= 0.6 is 0 Å². The van der Waals surface area contributed by atoms with Gasteiger partial charge in [0.25, 0.3) is 0 Å². The average Bonchev–Trinajstić information content (AvgIpc) is 2.85. The Morgan fingerprint density at radius 2 is 1.21 bits per heavy atom. The Kier molecular flexibility index (Phi) is 3.24. The molecule has 2 rings (SSSR count). The summed E-state index contributed by atoms with van der Waals surface area (Å²) >= 11 is 0. The predicted octanol–water partition coefficient (Wildman–Crippen LogP) is 2.35. The lowest BCUT2D eigenvalue weighted by atomic mass is 10.1. The molecule has 0 atom stereocenters. The maximum Gasteiger partial charge on any atom is 0.189 e. The Labute approximate surface area is 103 Å². The molecule has 8 heteroatoms. The van der Waals surface area contributed by atoms with Crippen molar-refractivity contribution in [1.29, 1.82) is 0 Å². The molecule has 4 nitrogen and oxygen atoms in total. The van der Waals surface area contributed by atoms with E-state index in [9.17, 15) is 27.2 Å². The van der Waals surface area contributed by atoms with Crippen LogP contribution in [0.15, 0.2) is 12.4 Å². The minimum absolute atomic E-state index is 0.613. The Balaban J connectivity index is 2.18. The highest BCUT2D eigenvalue weighted by Gasteiger charge is 2.24. The van der Waals surface area contributed by atoms with Crippen molar-refractivity contribution in [2.24, 2.45) is 0 Å². The lowest BCUT2D eigenvalue weighted by Crippen LogP contribution is -2.12. The van der Waals surface area contributed by atoms with Crippen molar-refractivity contribution in [3.05, 3.63) is 47.1 Å². The largest absolute Gasteiger partial charge is 0.354 e. The number of carbonyl (C=O) groups is 2. The second-order valence-electron chi connectivity index (χ2n) is 3.67. The number of H-pyrrole nitrogens is 2. The Morgan fingerprint density at radius 1 is 0.842 bits per heavy atom. The van der Waals surface area contributed by atoms with Crippen molar-refractivity contribution < 1.29 is 27.2 Å². The van der Waals surface area contributed by atoms with Crippen LogP contribution in [0.25, 0.3) is 0 Å². The molecule has 2 N–H and O–H groups in total. The van der Waals surface area contributed by atoms with E-state index in [-0.39, 0.29) is 0 Å². The van der Waals surface area contributed by atoms with Gasteiger partial charge in [-0.25, -0.2) is 17.6 Å². The van der Waals surface area contributed by atoms with E-state index >= 15 is 0 Å². The molecule has 0 radical (unpaired) electrons. The Morgan fingerprint density at radius 3 is 1.47 bits per heavy atom.